The monoisotopic (exact) mass is 769 g/mol. The van der Waals surface area contributed by atoms with Gasteiger partial charge in [-0.2, -0.15) is 21.6 Å². The number of nitrogens with zero attached hydrogens (tertiary/aromatic N) is 5. The Morgan fingerprint density at radius 1 is 1.08 bits per heavy atom. The fourth-order valence-electron chi connectivity index (χ4n) is 6.13. The van der Waals surface area contributed by atoms with E-state index >= 15 is 0 Å². The van der Waals surface area contributed by atoms with Crippen LogP contribution in [0.3, 0.4) is 0 Å². The Morgan fingerprint density at radius 2 is 1.81 bits per heavy atom. The number of sulfonamides is 1. The number of aromatic nitrogens is 4. The van der Waals surface area contributed by atoms with E-state index in [1.165, 1.54) is 41.2 Å². The van der Waals surface area contributed by atoms with Crippen molar-refractivity contribution in [3.8, 4) is 11.7 Å². The van der Waals surface area contributed by atoms with Crippen LogP contribution < -0.4 is 14.8 Å². The van der Waals surface area contributed by atoms with Gasteiger partial charge in [0, 0.05) is 30.9 Å². The van der Waals surface area contributed by atoms with Gasteiger partial charge in [-0.25, -0.2) is 24.2 Å². The first-order valence-corrected chi connectivity index (χ1v) is 18.8. The molecule has 1 saturated heterocycles. The molecular formula is C34H43ClF3N7O6S. The topological polar surface area (TPSA) is 158 Å². The van der Waals surface area contributed by atoms with Crippen molar-refractivity contribution in [2.75, 3.05) is 25.0 Å². The zero-order valence-electron chi connectivity index (χ0n) is 29.6. The Labute approximate surface area is 305 Å². The van der Waals surface area contributed by atoms with Crippen molar-refractivity contribution in [1.29, 1.82) is 0 Å². The van der Waals surface area contributed by atoms with Crippen LogP contribution in [0.5, 0.6) is 5.88 Å². The number of rotatable bonds is 13. The van der Waals surface area contributed by atoms with Crippen molar-refractivity contribution in [3.05, 3.63) is 53.3 Å². The first kappa shape index (κ1) is 39.1. The molecule has 2 N–H and O–H groups in total. The van der Waals surface area contributed by atoms with Gasteiger partial charge in [0.1, 0.15) is 16.6 Å². The molecule has 18 heteroatoms. The van der Waals surface area contributed by atoms with Crippen LogP contribution in [0.15, 0.2) is 47.6 Å². The molecule has 1 unspecified atom stereocenters. The summed E-state index contributed by atoms with van der Waals surface area (Å²) in [6, 6.07) is 8.45. The molecule has 1 aliphatic carbocycles. The van der Waals surface area contributed by atoms with Crippen LogP contribution in [0.1, 0.15) is 83.5 Å². The van der Waals surface area contributed by atoms with E-state index in [-0.39, 0.29) is 70.9 Å². The summed E-state index contributed by atoms with van der Waals surface area (Å²) in [5, 5.41) is 6.57. The van der Waals surface area contributed by atoms with E-state index in [4.69, 9.17) is 21.1 Å². The number of pyridine rings is 2. The maximum Gasteiger partial charge on any atom is 0.410 e. The molecule has 1 saturated carbocycles. The summed E-state index contributed by atoms with van der Waals surface area (Å²) in [5.74, 6) is -0.216. The molecule has 13 nitrogen and oxygen atoms in total. The van der Waals surface area contributed by atoms with Crippen LogP contribution in [0.2, 0.25) is 5.15 Å². The summed E-state index contributed by atoms with van der Waals surface area (Å²) in [4.78, 5) is 35.8. The van der Waals surface area contributed by atoms with Crippen LogP contribution in [0.25, 0.3) is 5.82 Å². The molecule has 0 radical (unpaired) electrons. The lowest BCUT2D eigenvalue weighted by Gasteiger charge is -2.33. The summed E-state index contributed by atoms with van der Waals surface area (Å²) in [7, 11) is -4.41. The van der Waals surface area contributed by atoms with E-state index in [1.54, 1.807) is 11.0 Å². The number of nitrogens with one attached hydrogen (secondary N) is 2. The van der Waals surface area contributed by atoms with Crippen LogP contribution in [-0.4, -0.2) is 82.1 Å². The molecule has 2 aliphatic rings. The van der Waals surface area contributed by atoms with E-state index in [0.29, 0.717) is 18.9 Å². The number of carbonyl (C=O) groups excluding carboxylic acids is 2. The van der Waals surface area contributed by atoms with Crippen molar-refractivity contribution in [2.24, 2.45) is 11.3 Å². The highest BCUT2D eigenvalue weighted by atomic mass is 35.5. The summed E-state index contributed by atoms with van der Waals surface area (Å²) in [6.45, 7) is 10.5. The van der Waals surface area contributed by atoms with Crippen molar-refractivity contribution < 1.29 is 40.7 Å². The molecule has 2 fully saturated rings. The maximum absolute atomic E-state index is 13.2. The number of alkyl halides is 3. The Bertz CT molecular complexity index is 1890. The number of amides is 2. The second-order valence-corrected chi connectivity index (χ2v) is 16.8. The fourth-order valence-corrected chi connectivity index (χ4v) is 7.30. The molecule has 52 heavy (non-hydrogen) atoms. The van der Waals surface area contributed by atoms with Gasteiger partial charge in [-0.15, -0.1) is 5.10 Å². The summed E-state index contributed by atoms with van der Waals surface area (Å²) >= 11 is 6.25. The van der Waals surface area contributed by atoms with Crippen LogP contribution in [0, 0.1) is 11.3 Å². The molecule has 2 amide bonds. The lowest BCUT2D eigenvalue weighted by Crippen LogP contribution is -2.45. The van der Waals surface area contributed by atoms with Gasteiger partial charge >= 0.3 is 12.3 Å². The molecule has 0 bridgehead atoms. The highest BCUT2D eigenvalue weighted by molar-refractivity contribution is 7.90. The van der Waals surface area contributed by atoms with Crippen molar-refractivity contribution in [1.82, 2.24) is 29.4 Å². The summed E-state index contributed by atoms with van der Waals surface area (Å²) in [5.41, 5.74) is -2.82. The third kappa shape index (κ3) is 9.45. The molecule has 1 aliphatic heterocycles. The van der Waals surface area contributed by atoms with Gasteiger partial charge < -0.3 is 19.7 Å². The lowest BCUT2D eigenvalue weighted by atomic mass is 9.93. The molecule has 1 atom stereocenters. The van der Waals surface area contributed by atoms with Gasteiger partial charge in [-0.3, -0.25) is 4.79 Å². The predicted octanol–water partition coefficient (Wildman–Crippen LogP) is 6.77. The van der Waals surface area contributed by atoms with Crippen molar-refractivity contribution in [3.63, 3.8) is 0 Å². The first-order valence-electron chi connectivity index (χ1n) is 16.9. The van der Waals surface area contributed by atoms with Gasteiger partial charge in [0.05, 0.1) is 17.6 Å². The summed E-state index contributed by atoms with van der Waals surface area (Å²) < 4.78 is 79.9. The highest BCUT2D eigenvalue weighted by Gasteiger charge is 2.62. The standard InChI is InChI=1S/C34H43ClF3N7O6S/c1-31(2,3)51-30(47)44-21-22(20-32(44,4)5)8-7-17-39-24-9-6-10-27(40-24)52(48,49)43-29(46)23-11-12-25(41-28(23)35)45-18-13-26(42-45)50-19-16-33(14-15-33)34(36,37)38/h6,9-13,18,22H,7-8,14-17,19-21H2,1-5H3,(H,39,40)(H,43,46). The van der Waals surface area contributed by atoms with E-state index in [2.05, 4.69) is 20.4 Å². The molecular weight excluding hydrogens is 727 g/mol. The number of likely N-dealkylation sites (tertiary alicyclic amines) is 1. The molecule has 4 heterocycles. The zero-order chi connectivity index (χ0) is 38.1. The normalized spacial score (nSPS) is 18.2. The Kier molecular flexibility index (Phi) is 11.1. The number of carbonyl (C=O) groups is 2. The van der Waals surface area contributed by atoms with Gasteiger partial charge in [0.2, 0.25) is 5.88 Å². The minimum Gasteiger partial charge on any atom is -0.477 e. The third-order valence-corrected chi connectivity index (χ3v) is 10.6. The second-order valence-electron chi connectivity index (χ2n) is 14.8. The molecule has 3 aromatic rings. The quantitative estimate of drug-likeness (QED) is 0.140. The number of anilines is 1. The number of ether oxygens (including phenoxy) is 2. The zero-order valence-corrected chi connectivity index (χ0v) is 31.2. The number of hydrogen-bond donors (Lipinski definition) is 2. The summed E-state index contributed by atoms with van der Waals surface area (Å²) in [6.07, 6.45) is -0.743. The van der Waals surface area contributed by atoms with Crippen molar-refractivity contribution in [2.45, 2.75) is 95.5 Å². The van der Waals surface area contributed by atoms with Crippen LogP contribution >= 0.6 is 11.6 Å². The highest BCUT2D eigenvalue weighted by Crippen LogP contribution is 2.59. The van der Waals surface area contributed by atoms with Crippen LogP contribution in [-0.2, 0) is 14.8 Å². The maximum atomic E-state index is 13.2. The number of halogens is 4. The Balaban J connectivity index is 1.11. The average molecular weight is 770 g/mol. The van der Waals surface area contributed by atoms with E-state index in [9.17, 15) is 31.2 Å². The SMILES string of the molecule is CC(C)(C)OC(=O)N1CC(CCCNc2cccc(S(=O)(=O)NC(=O)c3ccc(-n4ccc(OCCC5(C(F)(F)F)CC5)n4)nc3Cl)n2)CC1(C)C. The van der Waals surface area contributed by atoms with Gasteiger partial charge in [-0.1, -0.05) is 17.7 Å². The van der Waals surface area contributed by atoms with Crippen LogP contribution in [0.4, 0.5) is 23.8 Å². The van der Waals surface area contributed by atoms with E-state index < -0.39 is 33.1 Å². The second kappa shape index (κ2) is 14.7. The molecule has 3 aromatic heterocycles. The Hall–Kier alpha value is -4.12. The van der Waals surface area contributed by atoms with Gasteiger partial charge in [0.15, 0.2) is 10.8 Å². The fraction of sp³-hybridized carbons (Fsp3) is 0.559. The molecule has 5 rings (SSSR count). The molecule has 0 aromatic carbocycles. The Morgan fingerprint density at radius 3 is 2.46 bits per heavy atom. The molecule has 0 spiro atoms. The average Bonchev–Trinajstić information content (AvgIpc) is 3.58. The molecule has 284 valence electrons. The minimum absolute atomic E-state index is 0.0810. The van der Waals surface area contributed by atoms with Gasteiger partial charge in [0.25, 0.3) is 15.9 Å². The van der Waals surface area contributed by atoms with E-state index in [1.807, 2.05) is 39.3 Å². The van der Waals surface area contributed by atoms with Gasteiger partial charge in [-0.05, 0) is 103 Å². The smallest absolute Gasteiger partial charge is 0.410 e. The van der Waals surface area contributed by atoms with E-state index in [0.717, 1.165) is 19.3 Å². The predicted molar refractivity (Wildman–Crippen MR) is 186 cm³/mol. The first-order chi connectivity index (χ1) is 24.2. The minimum atomic E-state index is -4.41. The van der Waals surface area contributed by atoms with Crippen molar-refractivity contribution >= 4 is 39.4 Å². The number of hydrogen-bond acceptors (Lipinski definition) is 10. The largest absolute Gasteiger partial charge is 0.477 e. The third-order valence-electron chi connectivity index (χ3n) is 9.06. The lowest BCUT2D eigenvalue weighted by molar-refractivity contribution is -0.190.